The van der Waals surface area contributed by atoms with E-state index in [2.05, 4.69) is 92.6 Å². The van der Waals surface area contributed by atoms with Crippen molar-refractivity contribution in [3.05, 3.63) is 71.6 Å². The Hall–Kier alpha value is -1.43. The van der Waals surface area contributed by atoms with Crippen LogP contribution in [0, 0.1) is 0 Å². The van der Waals surface area contributed by atoms with Crippen molar-refractivity contribution in [1.82, 2.24) is 0 Å². The molecule has 0 unspecified atom stereocenters. The highest BCUT2D eigenvalue weighted by atomic mass is 28.3. The quantitative estimate of drug-likeness (QED) is 0.805. The fourth-order valence-corrected chi connectivity index (χ4v) is 11.1. The van der Waals surface area contributed by atoms with E-state index in [-0.39, 0.29) is 0 Å². The maximum absolute atomic E-state index is 11.0. The molecule has 0 saturated carbocycles. The molecule has 0 atom stereocenters. The van der Waals surface area contributed by atoms with Crippen molar-refractivity contribution < 1.29 is 5.11 Å². The molecule has 0 aliphatic carbocycles. The minimum absolute atomic E-state index is 0.801. The summed E-state index contributed by atoms with van der Waals surface area (Å²) < 4.78 is 0. The number of benzene rings is 2. The summed E-state index contributed by atoms with van der Waals surface area (Å²) >= 11 is 0. The Labute approximate surface area is 149 Å². The summed E-state index contributed by atoms with van der Waals surface area (Å²) in [5.41, 5.74) is 1.65. The number of aliphatic hydroxyl groups is 1. The smallest absolute Gasteiger partial charge is 0.110 e. The average Bonchev–Trinajstić information content (AvgIpc) is 2.53. The molecule has 0 aliphatic rings. The van der Waals surface area contributed by atoms with Crippen molar-refractivity contribution in [3.63, 3.8) is 0 Å². The topological polar surface area (TPSA) is 20.2 Å². The normalized spacial score (nSPS) is 13.9. The van der Waals surface area contributed by atoms with Gasteiger partial charge in [0, 0.05) is 0 Å². The molecule has 0 heterocycles. The Morgan fingerprint density at radius 1 is 0.792 bits per heavy atom. The molecule has 0 saturated heterocycles. The van der Waals surface area contributed by atoms with Crippen molar-refractivity contribution in [3.8, 4) is 0 Å². The summed E-state index contributed by atoms with van der Waals surface area (Å²) in [4.78, 5) is 0. The third kappa shape index (κ3) is 4.15. The minimum atomic E-state index is -1.94. The second-order valence-corrected chi connectivity index (χ2v) is 16.9. The fourth-order valence-electron chi connectivity index (χ4n) is 3.44. The maximum atomic E-state index is 11.0. The maximum Gasteiger partial charge on any atom is 0.110 e. The third-order valence-corrected chi connectivity index (χ3v) is 11.9. The molecule has 1 N–H and O–H groups in total. The van der Waals surface area contributed by atoms with Crippen LogP contribution in [0.1, 0.15) is 13.8 Å². The standard InChI is InChI=1S/C21H30OSi2/c1-21(2,22)20(24(5,6)19-15-11-8-12-16-19)17-23(3,4)18-13-9-7-10-14-18/h7-17,22H,1-6H3/b20-17-. The van der Waals surface area contributed by atoms with E-state index in [1.165, 1.54) is 15.6 Å². The van der Waals surface area contributed by atoms with E-state index in [0.717, 1.165) is 0 Å². The van der Waals surface area contributed by atoms with Gasteiger partial charge >= 0.3 is 0 Å². The van der Waals surface area contributed by atoms with Crippen LogP contribution in [0.2, 0.25) is 26.2 Å². The summed E-state index contributed by atoms with van der Waals surface area (Å²) in [6, 6.07) is 21.4. The van der Waals surface area contributed by atoms with E-state index in [1.54, 1.807) is 0 Å². The summed E-state index contributed by atoms with van der Waals surface area (Å²) in [7, 11) is -3.72. The van der Waals surface area contributed by atoms with Crippen LogP contribution in [0.5, 0.6) is 0 Å². The highest BCUT2D eigenvalue weighted by Crippen LogP contribution is 2.28. The van der Waals surface area contributed by atoms with Crippen LogP contribution >= 0.6 is 0 Å². The van der Waals surface area contributed by atoms with Crippen LogP contribution in [0.15, 0.2) is 71.6 Å². The predicted octanol–water partition coefficient (Wildman–Crippen LogP) is 3.99. The molecule has 0 aliphatic heterocycles. The zero-order chi connectivity index (χ0) is 18.0. The Morgan fingerprint density at radius 2 is 1.21 bits per heavy atom. The number of rotatable bonds is 5. The van der Waals surface area contributed by atoms with E-state index in [4.69, 9.17) is 0 Å². The Kier molecular flexibility index (Phi) is 5.38. The lowest BCUT2D eigenvalue weighted by Crippen LogP contribution is -2.53. The van der Waals surface area contributed by atoms with Crippen molar-refractivity contribution in [2.24, 2.45) is 0 Å². The van der Waals surface area contributed by atoms with Gasteiger partial charge in [0.25, 0.3) is 0 Å². The van der Waals surface area contributed by atoms with Crippen LogP contribution in [0.3, 0.4) is 0 Å². The van der Waals surface area contributed by atoms with Crippen molar-refractivity contribution in [2.45, 2.75) is 45.6 Å². The van der Waals surface area contributed by atoms with Gasteiger partial charge in [-0.05, 0) is 13.8 Å². The molecule has 128 valence electrons. The van der Waals surface area contributed by atoms with Gasteiger partial charge in [-0.2, -0.15) is 0 Å². The lowest BCUT2D eigenvalue weighted by atomic mass is 10.1. The van der Waals surface area contributed by atoms with Crippen molar-refractivity contribution in [1.29, 1.82) is 0 Å². The first kappa shape index (κ1) is 18.9. The SMILES string of the molecule is CC(C)(O)/C(=C/[Si](C)(C)c1ccccc1)[Si](C)(C)c1ccccc1. The lowest BCUT2D eigenvalue weighted by molar-refractivity contribution is 0.127. The largest absolute Gasteiger partial charge is 0.386 e. The van der Waals surface area contributed by atoms with E-state index >= 15 is 0 Å². The molecule has 0 amide bonds. The molecule has 1 nitrogen and oxygen atoms in total. The molecule has 3 heteroatoms. The van der Waals surface area contributed by atoms with Crippen molar-refractivity contribution in [2.75, 3.05) is 0 Å². The third-order valence-electron chi connectivity index (χ3n) is 4.85. The number of hydrogen-bond acceptors (Lipinski definition) is 1. The van der Waals surface area contributed by atoms with Gasteiger partial charge in [0.05, 0.1) is 5.60 Å². The van der Waals surface area contributed by atoms with Crippen LogP contribution in [0.25, 0.3) is 0 Å². The van der Waals surface area contributed by atoms with E-state index in [0.29, 0.717) is 0 Å². The molecule has 2 aromatic rings. The summed E-state index contributed by atoms with van der Waals surface area (Å²) in [6.07, 6.45) is 0. The second kappa shape index (κ2) is 6.83. The molecule has 0 radical (unpaired) electrons. The van der Waals surface area contributed by atoms with Gasteiger partial charge in [-0.1, -0.05) is 108 Å². The molecule has 0 fully saturated rings. The lowest BCUT2D eigenvalue weighted by Gasteiger charge is -2.37. The van der Waals surface area contributed by atoms with Crippen LogP contribution in [-0.4, -0.2) is 26.9 Å². The zero-order valence-electron chi connectivity index (χ0n) is 15.8. The highest BCUT2D eigenvalue weighted by molar-refractivity contribution is 7.00. The Bertz CT molecular complexity index is 696. The first-order valence-corrected chi connectivity index (χ1v) is 14.7. The molecular weight excluding hydrogens is 324 g/mol. The fraction of sp³-hybridized carbons (Fsp3) is 0.333. The molecule has 0 aromatic heterocycles. The van der Waals surface area contributed by atoms with Gasteiger partial charge in [-0.3, -0.25) is 0 Å². The minimum Gasteiger partial charge on any atom is -0.386 e. The van der Waals surface area contributed by atoms with Gasteiger partial charge in [0.1, 0.15) is 16.1 Å². The predicted molar refractivity (Wildman–Crippen MR) is 111 cm³/mol. The van der Waals surface area contributed by atoms with Crippen molar-refractivity contribution >= 4 is 26.5 Å². The van der Waals surface area contributed by atoms with E-state index in [9.17, 15) is 5.11 Å². The molecular formula is C21H30OSi2. The molecule has 2 aromatic carbocycles. The van der Waals surface area contributed by atoms with Gasteiger partial charge in [-0.25, -0.2) is 0 Å². The zero-order valence-corrected chi connectivity index (χ0v) is 17.8. The second-order valence-electron chi connectivity index (χ2n) is 8.20. The molecule has 0 bridgehead atoms. The first-order chi connectivity index (χ1) is 11.0. The average molecular weight is 355 g/mol. The summed E-state index contributed by atoms with van der Waals surface area (Å²) in [6.45, 7) is 13.3. The molecule has 0 spiro atoms. The summed E-state index contributed by atoms with van der Waals surface area (Å²) in [5.74, 6) is 0. The summed E-state index contributed by atoms with van der Waals surface area (Å²) in [5, 5.41) is 15.0. The van der Waals surface area contributed by atoms with E-state index in [1.807, 2.05) is 13.8 Å². The van der Waals surface area contributed by atoms with Gasteiger partial charge in [0.15, 0.2) is 0 Å². The Balaban J connectivity index is 2.58. The van der Waals surface area contributed by atoms with Crippen LogP contribution in [0.4, 0.5) is 0 Å². The molecule has 24 heavy (non-hydrogen) atoms. The first-order valence-electron chi connectivity index (χ1n) is 8.62. The van der Waals surface area contributed by atoms with E-state index < -0.39 is 21.7 Å². The highest BCUT2D eigenvalue weighted by Gasteiger charge is 2.38. The van der Waals surface area contributed by atoms with Gasteiger partial charge < -0.3 is 5.11 Å². The number of hydrogen-bond donors (Lipinski definition) is 1. The van der Waals surface area contributed by atoms with Gasteiger partial charge in [-0.15, -0.1) is 0 Å². The monoisotopic (exact) mass is 354 g/mol. The molecule has 2 rings (SSSR count). The van der Waals surface area contributed by atoms with Crippen LogP contribution < -0.4 is 10.4 Å². The Morgan fingerprint density at radius 3 is 1.62 bits per heavy atom. The van der Waals surface area contributed by atoms with Crippen LogP contribution in [-0.2, 0) is 0 Å². The van der Waals surface area contributed by atoms with Gasteiger partial charge in [0.2, 0.25) is 0 Å².